The van der Waals surface area contributed by atoms with Crippen LogP contribution in [0.2, 0.25) is 5.02 Å². The van der Waals surface area contributed by atoms with Crippen LogP contribution in [-0.4, -0.2) is 57.4 Å². The number of carbonyl (C=O) groups is 2. The van der Waals surface area contributed by atoms with Crippen molar-refractivity contribution in [2.24, 2.45) is 0 Å². The normalized spacial score (nSPS) is 11.6. The van der Waals surface area contributed by atoms with E-state index in [9.17, 15) is 26.4 Å². The van der Waals surface area contributed by atoms with Crippen LogP contribution in [0.15, 0.2) is 177 Å². The van der Waals surface area contributed by atoms with Crippen LogP contribution >= 0.6 is 27.5 Å². The molecule has 0 fully saturated rings. The molecule has 0 atom stereocenters. The molecule has 3 N–H and O–H groups in total. The number of nitrogens with one attached hydrogen (secondary N) is 3. The molecule has 0 aliphatic heterocycles. The van der Waals surface area contributed by atoms with Gasteiger partial charge in [0.15, 0.2) is 5.03 Å². The molecule has 61 heavy (non-hydrogen) atoms. The Hall–Kier alpha value is -6.66. The van der Waals surface area contributed by atoms with E-state index in [1.54, 1.807) is 132 Å². The van der Waals surface area contributed by atoms with Gasteiger partial charge in [0.05, 0.1) is 41.5 Å². The molecule has 0 aliphatic carbocycles. The molecule has 0 radical (unpaired) electrons. The van der Waals surface area contributed by atoms with E-state index in [1.165, 1.54) is 28.9 Å². The zero-order valence-electron chi connectivity index (χ0n) is 31.6. The minimum absolute atomic E-state index is 0.0333. The molecule has 3 aromatic carbocycles. The minimum atomic E-state index is -3.80. The fraction of sp³-hybridized carbons (Fsp3) is 0.0465. The van der Waals surface area contributed by atoms with Gasteiger partial charge in [0.25, 0.3) is 11.8 Å². The summed E-state index contributed by atoms with van der Waals surface area (Å²) in [7, 11) is -7.35. The van der Waals surface area contributed by atoms with Crippen molar-refractivity contribution in [1.29, 1.82) is 0 Å². The smallest absolute Gasteiger partial charge is 0.269 e. The van der Waals surface area contributed by atoms with Gasteiger partial charge in [-0.15, -0.1) is 0 Å². The van der Waals surface area contributed by atoms with Crippen LogP contribution in [0.4, 0.5) is 0 Å². The topological polar surface area (TPSA) is 190 Å². The van der Waals surface area contributed by atoms with Gasteiger partial charge in [-0.2, -0.15) is 0 Å². The maximum Gasteiger partial charge on any atom is 0.269 e. The van der Waals surface area contributed by atoms with Crippen LogP contribution in [0.1, 0.15) is 32.0 Å². The summed E-state index contributed by atoms with van der Waals surface area (Å²) in [6, 6.07) is 29.7. The molecule has 0 saturated carbocycles. The Balaban J connectivity index is 0.000000169. The van der Waals surface area contributed by atoms with Gasteiger partial charge in [0.1, 0.15) is 17.0 Å². The average molecular weight is 936 g/mol. The lowest BCUT2D eigenvalue weighted by atomic mass is 10.2. The summed E-state index contributed by atoms with van der Waals surface area (Å²) >= 11 is 9.44. The van der Waals surface area contributed by atoms with Crippen molar-refractivity contribution in [3.63, 3.8) is 0 Å². The van der Waals surface area contributed by atoms with Crippen LogP contribution in [0.25, 0.3) is 22.2 Å². The molecule has 9 rings (SSSR count). The van der Waals surface area contributed by atoms with Crippen LogP contribution in [0.3, 0.4) is 0 Å². The number of hydrogen-bond donors (Lipinski definition) is 3. The van der Waals surface area contributed by atoms with E-state index in [0.29, 0.717) is 26.4 Å². The summed E-state index contributed by atoms with van der Waals surface area (Å²) in [6.45, 7) is 0.525. The van der Waals surface area contributed by atoms with E-state index >= 15 is 0 Å². The first-order valence-corrected chi connectivity index (χ1v) is 22.5. The molecular weight excluding hydrogens is 904 g/mol. The summed E-state index contributed by atoms with van der Waals surface area (Å²) in [5.41, 5.74) is 4.53. The second-order valence-corrected chi connectivity index (χ2v) is 18.6. The average Bonchev–Trinajstić information content (AvgIpc) is 4.03. The molecule has 14 nitrogen and oxygen atoms in total. The van der Waals surface area contributed by atoms with Crippen LogP contribution in [0.5, 0.6) is 0 Å². The molecular formula is C43H32BrClN8O6S2. The van der Waals surface area contributed by atoms with Crippen molar-refractivity contribution in [2.45, 2.75) is 32.8 Å². The summed E-state index contributed by atoms with van der Waals surface area (Å²) < 4.78 is 55.3. The highest BCUT2D eigenvalue weighted by Crippen LogP contribution is 2.28. The predicted molar refractivity (Wildman–Crippen MR) is 232 cm³/mol. The lowest BCUT2D eigenvalue weighted by Gasteiger charge is -2.08. The number of sulfone groups is 2. The van der Waals surface area contributed by atoms with Crippen LogP contribution < -0.4 is 10.6 Å². The van der Waals surface area contributed by atoms with Crippen molar-refractivity contribution in [2.75, 3.05) is 0 Å². The van der Waals surface area contributed by atoms with Gasteiger partial charge in [-0.25, -0.2) is 26.8 Å². The number of pyridine rings is 3. The predicted octanol–water partition coefficient (Wildman–Crippen LogP) is 7.49. The lowest BCUT2D eigenvalue weighted by Crippen LogP contribution is -2.23. The van der Waals surface area contributed by atoms with E-state index in [2.05, 4.69) is 46.5 Å². The molecule has 306 valence electrons. The van der Waals surface area contributed by atoms with Crippen molar-refractivity contribution in [1.82, 2.24) is 39.4 Å². The number of halogens is 2. The Morgan fingerprint density at radius 2 is 1.31 bits per heavy atom. The van der Waals surface area contributed by atoms with Gasteiger partial charge < -0.3 is 20.0 Å². The summed E-state index contributed by atoms with van der Waals surface area (Å²) in [4.78, 5) is 41.0. The number of nitrogens with zero attached hydrogens (tertiary/aromatic N) is 5. The Morgan fingerprint density at radius 3 is 2.00 bits per heavy atom. The number of imidazole rings is 2. The molecule has 6 aromatic heterocycles. The third-order valence-corrected chi connectivity index (χ3v) is 14.1. The molecule has 0 spiro atoms. The van der Waals surface area contributed by atoms with Gasteiger partial charge >= 0.3 is 0 Å². The maximum atomic E-state index is 13.1. The molecule has 9 aromatic rings. The van der Waals surface area contributed by atoms with Crippen molar-refractivity contribution < 1.29 is 26.4 Å². The van der Waals surface area contributed by atoms with Gasteiger partial charge in [0, 0.05) is 55.7 Å². The first-order valence-electron chi connectivity index (χ1n) is 18.3. The minimum Gasteiger partial charge on any atom is -0.349 e. The van der Waals surface area contributed by atoms with E-state index in [4.69, 9.17) is 11.6 Å². The number of aromatic nitrogens is 6. The first-order chi connectivity index (χ1) is 29.4. The van der Waals surface area contributed by atoms with Crippen LogP contribution in [-0.2, 0) is 32.8 Å². The second-order valence-electron chi connectivity index (χ2n) is 13.5. The number of H-pyrrole nitrogens is 1. The summed E-state index contributed by atoms with van der Waals surface area (Å²) in [6.07, 6.45) is 11.3. The number of rotatable bonds is 10. The zero-order valence-corrected chi connectivity index (χ0v) is 35.6. The van der Waals surface area contributed by atoms with Crippen molar-refractivity contribution >= 4 is 81.2 Å². The number of fused-ring (bicyclic) bond motifs is 3. The molecule has 0 unspecified atom stereocenters. The van der Waals surface area contributed by atoms with E-state index in [1.807, 2.05) is 0 Å². The highest BCUT2D eigenvalue weighted by Gasteiger charge is 2.23. The Labute approximate surface area is 362 Å². The molecule has 2 amide bonds. The third-order valence-electron chi connectivity index (χ3n) is 9.55. The molecule has 18 heteroatoms. The fourth-order valence-electron chi connectivity index (χ4n) is 6.33. The second kappa shape index (κ2) is 17.1. The molecule has 6 heterocycles. The number of benzene rings is 3. The monoisotopic (exact) mass is 934 g/mol. The van der Waals surface area contributed by atoms with Crippen LogP contribution in [0, 0.1) is 0 Å². The van der Waals surface area contributed by atoms with E-state index in [0.717, 1.165) is 27.7 Å². The zero-order chi connectivity index (χ0) is 42.7. The Kier molecular flexibility index (Phi) is 11.5. The SMILES string of the molecule is O=C(NCc1ccc(S(=O)(=O)c2ccccc2)cc1)c1[nH]c2ccncc2c1Br.O=C(NCc1ccc(S(=O)(=O)c2cnc3ccc(Cl)cn23)cc1)c1ccc2nccn2c1. The standard InChI is InChI=1S/C22H16ClN5O3S.C21H16BrN3O3S/c23-17-4-8-20-25-12-21(28(20)14-17)32(30,31)18-5-1-15(2-6-18)11-26-22(29)16-3-7-19-24-9-10-27(19)13-16;22-19-17-13-23-11-10-18(17)25-20(19)21(26)24-12-14-6-8-16(9-7-14)29(27,28)15-4-2-1-3-5-15/h1-10,12-14H,11H2,(H,26,29);1-11,13,25H,12H2,(H,24,26). The molecule has 0 aliphatic rings. The third kappa shape index (κ3) is 8.67. The number of carbonyl (C=O) groups excluding carboxylic acids is 2. The largest absolute Gasteiger partial charge is 0.349 e. The van der Waals surface area contributed by atoms with E-state index < -0.39 is 19.7 Å². The van der Waals surface area contributed by atoms with Gasteiger partial charge in [-0.3, -0.25) is 19.0 Å². The summed E-state index contributed by atoms with van der Waals surface area (Å²) in [5.74, 6) is -0.506. The van der Waals surface area contributed by atoms with E-state index in [-0.39, 0.29) is 44.6 Å². The van der Waals surface area contributed by atoms with Gasteiger partial charge in [-0.1, -0.05) is 54.1 Å². The van der Waals surface area contributed by atoms with Crippen molar-refractivity contribution in [3.05, 3.63) is 184 Å². The van der Waals surface area contributed by atoms with Gasteiger partial charge in [0.2, 0.25) is 19.7 Å². The Bertz CT molecular complexity index is 3300. The number of amides is 2. The molecule has 0 bridgehead atoms. The molecule has 0 saturated heterocycles. The Morgan fingerprint density at radius 1 is 0.672 bits per heavy atom. The summed E-state index contributed by atoms with van der Waals surface area (Å²) in [5, 5.41) is 6.94. The van der Waals surface area contributed by atoms with Crippen molar-refractivity contribution in [3.8, 4) is 0 Å². The highest BCUT2D eigenvalue weighted by molar-refractivity contribution is 9.10. The van der Waals surface area contributed by atoms with Gasteiger partial charge in [-0.05, 0) is 93.8 Å². The lowest BCUT2D eigenvalue weighted by molar-refractivity contribution is 0.0940. The first kappa shape index (κ1) is 41.1. The highest BCUT2D eigenvalue weighted by atomic mass is 79.9. The maximum absolute atomic E-state index is 13.1. The fourth-order valence-corrected chi connectivity index (χ4v) is 9.70. The number of hydrogen-bond acceptors (Lipinski definition) is 9. The quantitative estimate of drug-likeness (QED) is 0.125. The number of aromatic amines is 1.